The van der Waals surface area contributed by atoms with Gasteiger partial charge in [-0.05, 0) is 25.3 Å². The summed E-state index contributed by atoms with van der Waals surface area (Å²) in [5.41, 5.74) is 0.931. The molecule has 5 heteroatoms. The van der Waals surface area contributed by atoms with Crippen LogP contribution in [0.2, 0.25) is 0 Å². The van der Waals surface area contributed by atoms with E-state index in [2.05, 4.69) is 0 Å². The predicted octanol–water partition coefficient (Wildman–Crippen LogP) is 3.52. The molecule has 0 aliphatic heterocycles. The largest absolute Gasteiger partial charge is 0.465 e. The van der Waals surface area contributed by atoms with Gasteiger partial charge < -0.3 is 9.47 Å². The molecule has 5 nitrogen and oxygen atoms in total. The molecule has 1 aromatic rings. The lowest BCUT2D eigenvalue weighted by atomic mass is 9.94. The molecule has 1 aliphatic rings. The van der Waals surface area contributed by atoms with Gasteiger partial charge in [-0.1, -0.05) is 49.6 Å². The first-order chi connectivity index (χ1) is 11.2. The molecule has 0 atom stereocenters. The van der Waals surface area contributed by atoms with Crippen LogP contribution in [0.1, 0.15) is 44.6 Å². The van der Waals surface area contributed by atoms with E-state index in [1.807, 2.05) is 30.3 Å². The van der Waals surface area contributed by atoms with Crippen LogP contribution >= 0.6 is 0 Å². The Labute approximate surface area is 137 Å². The first kappa shape index (κ1) is 17.3. The Morgan fingerprint density at radius 1 is 1.09 bits per heavy atom. The number of benzene rings is 1. The molecule has 126 valence electrons. The molecule has 0 bridgehead atoms. The van der Waals surface area contributed by atoms with Crippen LogP contribution in [-0.4, -0.2) is 36.2 Å². The van der Waals surface area contributed by atoms with Crippen molar-refractivity contribution in [2.24, 2.45) is 0 Å². The average Bonchev–Trinajstić information content (AvgIpc) is 2.59. The first-order valence-electron chi connectivity index (χ1n) is 8.33. The molecule has 1 aliphatic carbocycles. The van der Waals surface area contributed by atoms with Crippen molar-refractivity contribution < 1.29 is 19.1 Å². The second-order valence-corrected chi connectivity index (χ2v) is 5.76. The van der Waals surface area contributed by atoms with Crippen molar-refractivity contribution in [2.75, 3.05) is 13.2 Å². The van der Waals surface area contributed by atoms with Gasteiger partial charge in [-0.25, -0.2) is 4.79 Å². The Kier molecular flexibility index (Phi) is 6.91. The standard InChI is InChI=1S/C18H25NO4/c1-2-22-17(20)13-19(16-11-7-4-8-12-16)18(21)23-14-15-9-5-3-6-10-15/h3,5-6,9-10,16H,2,4,7-8,11-14H2,1H3. The number of carbonyl (C=O) groups is 2. The molecule has 0 spiro atoms. The summed E-state index contributed by atoms with van der Waals surface area (Å²) in [6, 6.07) is 9.60. The molecule has 1 saturated carbocycles. The lowest BCUT2D eigenvalue weighted by Crippen LogP contribution is -2.45. The lowest BCUT2D eigenvalue weighted by Gasteiger charge is -2.32. The van der Waals surface area contributed by atoms with Crippen molar-refractivity contribution in [3.8, 4) is 0 Å². The van der Waals surface area contributed by atoms with Crippen LogP contribution in [0.15, 0.2) is 30.3 Å². The third-order valence-corrected chi connectivity index (χ3v) is 4.06. The molecule has 23 heavy (non-hydrogen) atoms. The van der Waals surface area contributed by atoms with Crippen molar-refractivity contribution in [1.29, 1.82) is 0 Å². The minimum Gasteiger partial charge on any atom is -0.465 e. The number of nitrogens with zero attached hydrogens (tertiary/aromatic N) is 1. The summed E-state index contributed by atoms with van der Waals surface area (Å²) >= 11 is 0. The maximum absolute atomic E-state index is 12.5. The van der Waals surface area contributed by atoms with Crippen LogP contribution in [-0.2, 0) is 20.9 Å². The number of ether oxygens (including phenoxy) is 2. The van der Waals surface area contributed by atoms with Crippen molar-refractivity contribution in [3.63, 3.8) is 0 Å². The summed E-state index contributed by atoms with van der Waals surface area (Å²) in [6.45, 7) is 2.25. The van der Waals surface area contributed by atoms with E-state index in [-0.39, 0.29) is 25.2 Å². The van der Waals surface area contributed by atoms with Gasteiger partial charge in [-0.3, -0.25) is 9.69 Å². The minimum absolute atomic E-state index is 0.0356. The van der Waals surface area contributed by atoms with Crippen LogP contribution in [0, 0.1) is 0 Å². The highest BCUT2D eigenvalue weighted by molar-refractivity contribution is 5.78. The van der Waals surface area contributed by atoms with E-state index in [1.54, 1.807) is 11.8 Å². The van der Waals surface area contributed by atoms with E-state index in [1.165, 1.54) is 6.42 Å². The predicted molar refractivity (Wildman–Crippen MR) is 86.8 cm³/mol. The molecule has 2 rings (SSSR count). The van der Waals surface area contributed by atoms with Gasteiger partial charge in [0.2, 0.25) is 0 Å². The summed E-state index contributed by atoms with van der Waals surface area (Å²) < 4.78 is 10.4. The fraction of sp³-hybridized carbons (Fsp3) is 0.556. The van der Waals surface area contributed by atoms with E-state index in [0.717, 1.165) is 31.2 Å². The average molecular weight is 319 g/mol. The topological polar surface area (TPSA) is 55.8 Å². The van der Waals surface area contributed by atoms with Crippen molar-refractivity contribution in [1.82, 2.24) is 4.90 Å². The zero-order valence-electron chi connectivity index (χ0n) is 13.7. The zero-order chi connectivity index (χ0) is 16.5. The van der Waals surface area contributed by atoms with Gasteiger partial charge in [0.25, 0.3) is 0 Å². The highest BCUT2D eigenvalue weighted by Crippen LogP contribution is 2.23. The van der Waals surface area contributed by atoms with Crippen molar-refractivity contribution in [3.05, 3.63) is 35.9 Å². The number of rotatable bonds is 6. The van der Waals surface area contributed by atoms with Crippen LogP contribution in [0.25, 0.3) is 0 Å². The van der Waals surface area contributed by atoms with Crippen molar-refractivity contribution in [2.45, 2.75) is 51.7 Å². The molecular weight excluding hydrogens is 294 g/mol. The highest BCUT2D eigenvalue weighted by Gasteiger charge is 2.28. The van der Waals surface area contributed by atoms with Gasteiger partial charge in [0, 0.05) is 6.04 Å². The number of amides is 1. The molecule has 1 aromatic carbocycles. The summed E-state index contributed by atoms with van der Waals surface area (Å²) in [7, 11) is 0. The molecule has 0 radical (unpaired) electrons. The van der Waals surface area contributed by atoms with Crippen LogP contribution in [0.3, 0.4) is 0 Å². The fourth-order valence-corrected chi connectivity index (χ4v) is 2.88. The lowest BCUT2D eigenvalue weighted by molar-refractivity contribution is -0.144. The van der Waals surface area contributed by atoms with Crippen LogP contribution < -0.4 is 0 Å². The van der Waals surface area contributed by atoms with Crippen molar-refractivity contribution >= 4 is 12.1 Å². The molecule has 0 saturated heterocycles. The number of carbonyl (C=O) groups excluding carboxylic acids is 2. The maximum Gasteiger partial charge on any atom is 0.410 e. The highest BCUT2D eigenvalue weighted by atomic mass is 16.6. The van der Waals surface area contributed by atoms with Gasteiger partial charge in [0.1, 0.15) is 13.2 Å². The quantitative estimate of drug-likeness (QED) is 0.753. The third kappa shape index (κ3) is 5.58. The Balaban J connectivity index is 1.96. The Bertz CT molecular complexity index is 497. The smallest absolute Gasteiger partial charge is 0.410 e. The second kappa shape index (κ2) is 9.18. The number of hydrogen-bond donors (Lipinski definition) is 0. The van der Waals surface area contributed by atoms with Gasteiger partial charge in [-0.15, -0.1) is 0 Å². The van der Waals surface area contributed by atoms with E-state index < -0.39 is 6.09 Å². The van der Waals surface area contributed by atoms with E-state index in [9.17, 15) is 9.59 Å². The molecule has 0 aromatic heterocycles. The fourth-order valence-electron chi connectivity index (χ4n) is 2.88. The molecule has 0 N–H and O–H groups in total. The molecule has 0 heterocycles. The number of esters is 1. The van der Waals surface area contributed by atoms with E-state index in [4.69, 9.17) is 9.47 Å². The normalized spacial score (nSPS) is 15.0. The Morgan fingerprint density at radius 3 is 2.43 bits per heavy atom. The summed E-state index contributed by atoms with van der Waals surface area (Å²) in [4.78, 5) is 25.8. The van der Waals surface area contributed by atoms with Gasteiger partial charge in [0.05, 0.1) is 6.61 Å². The summed E-state index contributed by atoms with van der Waals surface area (Å²) in [5.74, 6) is -0.380. The Hall–Kier alpha value is -2.04. The monoisotopic (exact) mass is 319 g/mol. The summed E-state index contributed by atoms with van der Waals surface area (Å²) in [5, 5.41) is 0. The second-order valence-electron chi connectivity index (χ2n) is 5.76. The zero-order valence-corrected chi connectivity index (χ0v) is 13.7. The molecule has 1 fully saturated rings. The molecule has 1 amide bonds. The van der Waals surface area contributed by atoms with Gasteiger partial charge in [0.15, 0.2) is 0 Å². The van der Waals surface area contributed by atoms with Gasteiger partial charge >= 0.3 is 12.1 Å². The van der Waals surface area contributed by atoms with Crippen LogP contribution in [0.4, 0.5) is 4.79 Å². The molecular formula is C18H25NO4. The molecule has 0 unspecified atom stereocenters. The first-order valence-corrected chi connectivity index (χ1v) is 8.33. The Morgan fingerprint density at radius 2 is 1.78 bits per heavy atom. The van der Waals surface area contributed by atoms with E-state index >= 15 is 0 Å². The third-order valence-electron chi connectivity index (χ3n) is 4.06. The van der Waals surface area contributed by atoms with Gasteiger partial charge in [-0.2, -0.15) is 0 Å². The SMILES string of the molecule is CCOC(=O)CN(C(=O)OCc1ccccc1)C1CCCCC1. The van der Waals surface area contributed by atoms with Crippen LogP contribution in [0.5, 0.6) is 0 Å². The number of hydrogen-bond acceptors (Lipinski definition) is 4. The summed E-state index contributed by atoms with van der Waals surface area (Å²) in [6.07, 6.45) is 4.74. The minimum atomic E-state index is -0.436. The van der Waals surface area contributed by atoms with E-state index in [0.29, 0.717) is 6.61 Å². The maximum atomic E-state index is 12.5.